The van der Waals surface area contributed by atoms with E-state index in [4.69, 9.17) is 9.72 Å². The Hall–Kier alpha value is -3.43. The maximum Gasteiger partial charge on any atom is 0.118 e. The Morgan fingerprint density at radius 3 is 2.40 bits per heavy atom. The Kier molecular flexibility index (Phi) is 3.80. The third-order valence-corrected chi connectivity index (χ3v) is 6.96. The van der Waals surface area contributed by atoms with Crippen LogP contribution in [0.1, 0.15) is 5.69 Å². The molecule has 0 atom stereocenters. The van der Waals surface area contributed by atoms with Crippen molar-refractivity contribution in [1.29, 1.82) is 0 Å². The van der Waals surface area contributed by atoms with Crippen LogP contribution in [-0.4, -0.2) is 12.1 Å². The molecule has 0 spiro atoms. The second kappa shape index (κ2) is 6.54. The van der Waals surface area contributed by atoms with Gasteiger partial charge >= 0.3 is 0 Å². The van der Waals surface area contributed by atoms with Crippen LogP contribution in [0.5, 0.6) is 5.75 Å². The Morgan fingerprint density at radius 2 is 1.57 bits per heavy atom. The summed E-state index contributed by atoms with van der Waals surface area (Å²) in [5, 5.41) is 6.24. The minimum Gasteiger partial charge on any atom is -0.497 e. The molecule has 2 nitrogen and oxygen atoms in total. The monoisotopic (exact) mass is 405 g/mol. The summed E-state index contributed by atoms with van der Waals surface area (Å²) in [6.07, 6.45) is 0. The average molecular weight is 406 g/mol. The molecule has 6 rings (SSSR count). The van der Waals surface area contributed by atoms with Crippen LogP contribution in [0.25, 0.3) is 53.0 Å². The third kappa shape index (κ3) is 2.59. The number of pyridine rings is 1. The Bertz CT molecular complexity index is 1580. The molecule has 0 saturated carbocycles. The molecule has 0 amide bonds. The van der Waals surface area contributed by atoms with Gasteiger partial charge in [0.2, 0.25) is 0 Å². The minimum atomic E-state index is 0.866. The van der Waals surface area contributed by atoms with Crippen LogP contribution in [0, 0.1) is 6.92 Å². The van der Waals surface area contributed by atoms with Crippen LogP contribution < -0.4 is 4.74 Å². The zero-order valence-corrected chi connectivity index (χ0v) is 17.6. The summed E-state index contributed by atoms with van der Waals surface area (Å²) in [6, 6.07) is 28.2. The van der Waals surface area contributed by atoms with Crippen molar-refractivity contribution in [2.45, 2.75) is 6.92 Å². The highest BCUT2D eigenvalue weighted by Crippen LogP contribution is 2.40. The zero-order valence-electron chi connectivity index (χ0n) is 16.8. The van der Waals surface area contributed by atoms with Crippen molar-refractivity contribution in [2.24, 2.45) is 0 Å². The standard InChI is InChI=1S/C27H19NOS/c1-16-7-12-21-22(17-8-10-19(29-2)11-9-17)13-18-14-26-24(15-23(18)27(21)28-16)20-5-3-4-6-25(20)30-26/h3-15H,1-2H3. The van der Waals surface area contributed by atoms with E-state index in [-0.39, 0.29) is 0 Å². The van der Waals surface area contributed by atoms with Crippen LogP contribution in [0.2, 0.25) is 0 Å². The summed E-state index contributed by atoms with van der Waals surface area (Å²) in [5.74, 6) is 0.866. The molecule has 0 N–H and O–H groups in total. The molecule has 0 fully saturated rings. The number of aryl methyl sites for hydroxylation is 1. The molecule has 0 unspecified atom stereocenters. The highest BCUT2D eigenvalue weighted by atomic mass is 32.1. The van der Waals surface area contributed by atoms with Crippen molar-refractivity contribution in [1.82, 2.24) is 4.98 Å². The van der Waals surface area contributed by atoms with Crippen LogP contribution in [0.4, 0.5) is 0 Å². The van der Waals surface area contributed by atoms with Gasteiger partial charge in [0, 0.05) is 36.6 Å². The van der Waals surface area contributed by atoms with Gasteiger partial charge < -0.3 is 4.74 Å². The summed E-state index contributed by atoms with van der Waals surface area (Å²) in [7, 11) is 1.70. The summed E-state index contributed by atoms with van der Waals surface area (Å²) < 4.78 is 7.99. The summed E-state index contributed by atoms with van der Waals surface area (Å²) in [6.45, 7) is 2.06. The van der Waals surface area contributed by atoms with E-state index in [0.717, 1.165) is 17.0 Å². The average Bonchev–Trinajstić information content (AvgIpc) is 3.14. The molecule has 0 bridgehead atoms. The van der Waals surface area contributed by atoms with Gasteiger partial charge in [-0.3, -0.25) is 4.98 Å². The van der Waals surface area contributed by atoms with Crippen molar-refractivity contribution in [2.75, 3.05) is 7.11 Å². The Balaban J connectivity index is 1.74. The van der Waals surface area contributed by atoms with Gasteiger partial charge in [0.05, 0.1) is 12.6 Å². The maximum atomic E-state index is 5.34. The quantitative estimate of drug-likeness (QED) is 0.275. The van der Waals surface area contributed by atoms with Gasteiger partial charge in [0.25, 0.3) is 0 Å². The minimum absolute atomic E-state index is 0.866. The molecule has 0 aliphatic rings. The van der Waals surface area contributed by atoms with Crippen LogP contribution in [0.15, 0.2) is 78.9 Å². The largest absolute Gasteiger partial charge is 0.497 e. The van der Waals surface area contributed by atoms with Crippen LogP contribution in [0.3, 0.4) is 0 Å². The first kappa shape index (κ1) is 17.4. The molecule has 4 aromatic carbocycles. The van der Waals surface area contributed by atoms with E-state index in [9.17, 15) is 0 Å². The lowest BCUT2D eigenvalue weighted by atomic mass is 9.94. The number of hydrogen-bond donors (Lipinski definition) is 0. The number of nitrogens with zero attached hydrogens (tertiary/aromatic N) is 1. The number of rotatable bonds is 2. The molecule has 2 aromatic heterocycles. The molecule has 0 aliphatic heterocycles. The maximum absolute atomic E-state index is 5.34. The topological polar surface area (TPSA) is 22.1 Å². The molecule has 6 aromatic rings. The molecule has 0 aliphatic carbocycles. The third-order valence-electron chi connectivity index (χ3n) is 5.83. The number of benzene rings is 4. The number of thiophene rings is 1. The van der Waals surface area contributed by atoms with Gasteiger partial charge in [-0.2, -0.15) is 0 Å². The first-order valence-electron chi connectivity index (χ1n) is 10.0. The summed E-state index contributed by atoms with van der Waals surface area (Å²) >= 11 is 1.85. The van der Waals surface area contributed by atoms with Gasteiger partial charge in [0.15, 0.2) is 0 Å². The van der Waals surface area contributed by atoms with E-state index >= 15 is 0 Å². The van der Waals surface area contributed by atoms with Crippen LogP contribution >= 0.6 is 11.3 Å². The van der Waals surface area contributed by atoms with Crippen molar-refractivity contribution in [3.63, 3.8) is 0 Å². The van der Waals surface area contributed by atoms with E-state index in [1.807, 2.05) is 23.5 Å². The van der Waals surface area contributed by atoms with E-state index in [0.29, 0.717) is 0 Å². The first-order chi connectivity index (χ1) is 14.7. The summed E-state index contributed by atoms with van der Waals surface area (Å²) in [5.41, 5.74) is 4.47. The number of fused-ring (bicyclic) bond motifs is 6. The fourth-order valence-corrected chi connectivity index (χ4v) is 5.47. The van der Waals surface area contributed by atoms with Gasteiger partial charge in [-0.25, -0.2) is 0 Å². The second-order valence-electron chi connectivity index (χ2n) is 7.67. The fourth-order valence-electron chi connectivity index (χ4n) is 4.33. The van der Waals surface area contributed by atoms with E-state index < -0.39 is 0 Å². The smallest absolute Gasteiger partial charge is 0.118 e. The molecule has 144 valence electrons. The zero-order chi connectivity index (χ0) is 20.2. The lowest BCUT2D eigenvalue weighted by Gasteiger charge is -2.12. The van der Waals surface area contributed by atoms with Gasteiger partial charge in [-0.1, -0.05) is 36.4 Å². The van der Waals surface area contributed by atoms with E-state index in [2.05, 4.69) is 73.7 Å². The van der Waals surface area contributed by atoms with Crippen molar-refractivity contribution >= 4 is 53.2 Å². The number of aromatic nitrogens is 1. The van der Waals surface area contributed by atoms with E-state index in [1.54, 1.807) is 7.11 Å². The molecular formula is C27H19NOS. The predicted molar refractivity (Wildman–Crippen MR) is 129 cm³/mol. The van der Waals surface area contributed by atoms with Gasteiger partial charge in [-0.15, -0.1) is 11.3 Å². The van der Waals surface area contributed by atoms with Crippen LogP contribution in [-0.2, 0) is 0 Å². The fraction of sp³-hybridized carbons (Fsp3) is 0.0741. The second-order valence-corrected chi connectivity index (χ2v) is 8.75. The molecule has 0 saturated heterocycles. The Labute approximate surface area is 178 Å². The highest BCUT2D eigenvalue weighted by Gasteiger charge is 2.13. The van der Waals surface area contributed by atoms with Gasteiger partial charge in [-0.05, 0) is 65.9 Å². The Morgan fingerprint density at radius 1 is 0.733 bits per heavy atom. The number of methoxy groups -OCH3 is 1. The first-order valence-corrected chi connectivity index (χ1v) is 10.8. The van der Waals surface area contributed by atoms with E-state index in [1.165, 1.54) is 47.5 Å². The number of ether oxygens (including phenoxy) is 1. The number of hydrogen-bond acceptors (Lipinski definition) is 3. The molecule has 0 radical (unpaired) electrons. The lowest BCUT2D eigenvalue weighted by Crippen LogP contribution is -1.90. The van der Waals surface area contributed by atoms with Crippen molar-refractivity contribution in [3.05, 3.63) is 84.6 Å². The van der Waals surface area contributed by atoms with Crippen molar-refractivity contribution in [3.8, 4) is 16.9 Å². The normalized spacial score (nSPS) is 11.7. The SMILES string of the molecule is COc1ccc(-c2cc3cc4sc5ccccc5c4cc3c3nc(C)ccc23)cc1. The molecule has 2 heterocycles. The summed E-state index contributed by atoms with van der Waals surface area (Å²) in [4.78, 5) is 4.97. The highest BCUT2D eigenvalue weighted by molar-refractivity contribution is 7.25. The predicted octanol–water partition coefficient (Wildman–Crippen LogP) is 7.74. The molecular weight excluding hydrogens is 386 g/mol. The van der Waals surface area contributed by atoms with Gasteiger partial charge in [0.1, 0.15) is 5.75 Å². The lowest BCUT2D eigenvalue weighted by molar-refractivity contribution is 0.415. The molecule has 30 heavy (non-hydrogen) atoms. The molecule has 3 heteroatoms. The van der Waals surface area contributed by atoms with Crippen molar-refractivity contribution < 1.29 is 4.74 Å².